The molecule has 0 saturated heterocycles. The number of hydrogen-bond donors (Lipinski definition) is 2. The molecule has 0 radical (unpaired) electrons. The Morgan fingerprint density at radius 3 is 2.29 bits per heavy atom. The molecule has 2 rings (SSSR count). The number of rotatable bonds is 7. The number of sulfonamides is 1. The normalized spacial score (nSPS) is 16.2. The van der Waals surface area contributed by atoms with Gasteiger partial charge in [-0.25, -0.2) is 13.1 Å². The zero-order valence-corrected chi connectivity index (χ0v) is 18.7. The molecule has 1 aromatic carbocycles. The van der Waals surface area contributed by atoms with Crippen LogP contribution in [0.3, 0.4) is 0 Å². The Labute approximate surface area is 169 Å². The van der Waals surface area contributed by atoms with Crippen LogP contribution in [-0.2, 0) is 10.0 Å². The monoisotopic (exact) mass is 410 g/mol. The van der Waals surface area contributed by atoms with E-state index in [0.29, 0.717) is 5.56 Å². The summed E-state index contributed by atoms with van der Waals surface area (Å²) in [5.74, 6) is -0.0646. The van der Waals surface area contributed by atoms with E-state index in [0.717, 1.165) is 32.1 Å². The maximum absolute atomic E-state index is 12.9. The molecule has 1 amide bonds. The van der Waals surface area contributed by atoms with Gasteiger partial charge in [-0.1, -0.05) is 33.6 Å². The van der Waals surface area contributed by atoms with Crippen molar-refractivity contribution in [1.29, 1.82) is 0 Å². The molecule has 0 atom stereocenters. The first-order chi connectivity index (χ1) is 12.8. The van der Waals surface area contributed by atoms with E-state index in [1.807, 2.05) is 13.8 Å². The van der Waals surface area contributed by atoms with Crippen molar-refractivity contribution in [3.63, 3.8) is 0 Å². The van der Waals surface area contributed by atoms with Gasteiger partial charge < -0.3 is 10.1 Å². The van der Waals surface area contributed by atoms with E-state index in [-0.39, 0.29) is 28.0 Å². The molecule has 0 unspecified atom stereocenters. The highest BCUT2D eigenvalue weighted by atomic mass is 32.2. The molecule has 158 valence electrons. The molecule has 6 nitrogen and oxygen atoms in total. The lowest BCUT2D eigenvalue weighted by Gasteiger charge is -2.33. The Bertz CT molecular complexity index is 804. The average molecular weight is 411 g/mol. The van der Waals surface area contributed by atoms with Crippen molar-refractivity contribution in [3.8, 4) is 5.75 Å². The number of carbonyl (C=O) groups is 1. The van der Waals surface area contributed by atoms with Gasteiger partial charge in [0.25, 0.3) is 5.91 Å². The van der Waals surface area contributed by atoms with Crippen molar-refractivity contribution in [1.82, 2.24) is 10.0 Å². The topological polar surface area (TPSA) is 84.5 Å². The van der Waals surface area contributed by atoms with Crippen LogP contribution in [0.1, 0.15) is 77.1 Å². The molecule has 0 aromatic heterocycles. The number of benzene rings is 1. The van der Waals surface area contributed by atoms with Crippen LogP contribution in [-0.4, -0.2) is 33.0 Å². The van der Waals surface area contributed by atoms with Crippen LogP contribution in [0, 0.1) is 5.41 Å². The number of hydrogen-bond acceptors (Lipinski definition) is 4. The van der Waals surface area contributed by atoms with Gasteiger partial charge in [0.1, 0.15) is 10.6 Å². The lowest BCUT2D eigenvalue weighted by molar-refractivity contribution is 0.0891. The predicted molar refractivity (Wildman–Crippen MR) is 111 cm³/mol. The molecule has 28 heavy (non-hydrogen) atoms. The van der Waals surface area contributed by atoms with Gasteiger partial charge in [-0.15, -0.1) is 0 Å². The Morgan fingerprint density at radius 1 is 1.14 bits per heavy atom. The first-order valence-corrected chi connectivity index (χ1v) is 11.3. The number of methoxy groups -OCH3 is 1. The summed E-state index contributed by atoms with van der Waals surface area (Å²) in [5.41, 5.74) is -0.0677. The molecule has 2 N–H and O–H groups in total. The van der Waals surface area contributed by atoms with Gasteiger partial charge in [-0.05, 0) is 56.7 Å². The molecule has 0 bridgehead atoms. The van der Waals surface area contributed by atoms with Crippen LogP contribution in [0.15, 0.2) is 23.1 Å². The zero-order chi connectivity index (χ0) is 21.2. The smallest absolute Gasteiger partial charge is 0.251 e. The summed E-state index contributed by atoms with van der Waals surface area (Å²) in [7, 11) is -2.34. The Morgan fingerprint density at radius 2 is 1.75 bits per heavy atom. The predicted octanol–water partition coefficient (Wildman–Crippen LogP) is 3.86. The molecule has 1 aliphatic rings. The maximum atomic E-state index is 12.9. The second kappa shape index (κ2) is 8.41. The number of carbonyl (C=O) groups excluding carboxylic acids is 1. The van der Waals surface area contributed by atoms with Crippen LogP contribution >= 0.6 is 0 Å². The van der Waals surface area contributed by atoms with Gasteiger partial charge >= 0.3 is 0 Å². The molecule has 1 aliphatic carbocycles. The summed E-state index contributed by atoms with van der Waals surface area (Å²) >= 11 is 0. The van der Waals surface area contributed by atoms with Crippen molar-refractivity contribution in [3.05, 3.63) is 23.8 Å². The fourth-order valence-electron chi connectivity index (χ4n) is 4.10. The second-order valence-electron chi connectivity index (χ2n) is 9.54. The fourth-order valence-corrected chi connectivity index (χ4v) is 5.60. The van der Waals surface area contributed by atoms with Crippen molar-refractivity contribution in [2.75, 3.05) is 7.11 Å². The summed E-state index contributed by atoms with van der Waals surface area (Å²) in [5, 5.41) is 3.02. The van der Waals surface area contributed by atoms with Crippen molar-refractivity contribution in [2.45, 2.75) is 83.2 Å². The Kier molecular flexibility index (Phi) is 6.82. The highest BCUT2D eigenvalue weighted by molar-refractivity contribution is 7.89. The third kappa shape index (κ3) is 6.21. The molecular formula is C21H34N2O4S. The first-order valence-electron chi connectivity index (χ1n) is 9.86. The standard InChI is InChI=1S/C21H34N2O4S/c1-20(2,3)14-21(4,5)22-19(24)15-11-12-17(27-6)18(13-15)28(25,26)23-16-9-7-8-10-16/h11-13,16,23H,7-10,14H2,1-6H3,(H,22,24). The molecule has 7 heteroatoms. The van der Waals surface area contributed by atoms with E-state index in [9.17, 15) is 13.2 Å². The van der Waals surface area contributed by atoms with Crippen LogP contribution in [0.25, 0.3) is 0 Å². The van der Waals surface area contributed by atoms with E-state index in [1.54, 1.807) is 6.07 Å². The zero-order valence-electron chi connectivity index (χ0n) is 17.9. The van der Waals surface area contributed by atoms with Gasteiger partial charge in [0.2, 0.25) is 10.0 Å². The Balaban J connectivity index is 2.27. The minimum atomic E-state index is -3.77. The van der Waals surface area contributed by atoms with Crippen LogP contribution in [0.2, 0.25) is 0 Å². The van der Waals surface area contributed by atoms with Gasteiger partial charge in [-0.3, -0.25) is 4.79 Å². The minimum absolute atomic E-state index is 0.00294. The van der Waals surface area contributed by atoms with Crippen molar-refractivity contribution >= 4 is 15.9 Å². The molecule has 1 fully saturated rings. The summed E-state index contributed by atoms with van der Waals surface area (Å²) in [6.07, 6.45) is 4.51. The van der Waals surface area contributed by atoms with Crippen LogP contribution in [0.5, 0.6) is 5.75 Å². The van der Waals surface area contributed by atoms with E-state index in [4.69, 9.17) is 4.74 Å². The molecule has 1 saturated carbocycles. The van der Waals surface area contributed by atoms with Crippen LogP contribution in [0.4, 0.5) is 0 Å². The largest absolute Gasteiger partial charge is 0.495 e. The van der Waals surface area contributed by atoms with E-state index >= 15 is 0 Å². The van der Waals surface area contributed by atoms with Gasteiger partial charge in [0.15, 0.2) is 0 Å². The number of nitrogens with one attached hydrogen (secondary N) is 2. The highest BCUT2D eigenvalue weighted by Crippen LogP contribution is 2.29. The summed E-state index contributed by atoms with van der Waals surface area (Å²) in [4.78, 5) is 12.8. The summed E-state index contributed by atoms with van der Waals surface area (Å²) < 4.78 is 33.8. The summed E-state index contributed by atoms with van der Waals surface area (Å²) in [6, 6.07) is 4.47. The SMILES string of the molecule is COc1ccc(C(=O)NC(C)(C)CC(C)(C)C)cc1S(=O)(=O)NC1CCCC1. The molecule has 0 heterocycles. The van der Waals surface area contributed by atoms with Crippen molar-refractivity contribution < 1.29 is 17.9 Å². The van der Waals surface area contributed by atoms with Gasteiger partial charge in [0, 0.05) is 17.1 Å². The fraction of sp³-hybridized carbons (Fsp3) is 0.667. The second-order valence-corrected chi connectivity index (χ2v) is 11.2. The van der Waals surface area contributed by atoms with Gasteiger partial charge in [-0.2, -0.15) is 0 Å². The van der Waals surface area contributed by atoms with E-state index < -0.39 is 15.6 Å². The minimum Gasteiger partial charge on any atom is -0.495 e. The lowest BCUT2D eigenvalue weighted by Crippen LogP contribution is -2.45. The summed E-state index contributed by atoms with van der Waals surface area (Å²) in [6.45, 7) is 10.3. The van der Waals surface area contributed by atoms with E-state index in [2.05, 4.69) is 30.8 Å². The third-order valence-electron chi connectivity index (χ3n) is 4.82. The number of amides is 1. The van der Waals surface area contributed by atoms with E-state index in [1.165, 1.54) is 19.2 Å². The molecule has 1 aromatic rings. The van der Waals surface area contributed by atoms with Gasteiger partial charge in [0.05, 0.1) is 7.11 Å². The highest BCUT2D eigenvalue weighted by Gasteiger charge is 2.29. The molecular weight excluding hydrogens is 376 g/mol. The maximum Gasteiger partial charge on any atom is 0.251 e. The molecule has 0 spiro atoms. The third-order valence-corrected chi connectivity index (χ3v) is 6.36. The molecule has 0 aliphatic heterocycles. The average Bonchev–Trinajstić information content (AvgIpc) is 3.03. The first kappa shape index (κ1) is 22.7. The Hall–Kier alpha value is -1.60. The quantitative estimate of drug-likeness (QED) is 0.715. The van der Waals surface area contributed by atoms with Crippen molar-refractivity contribution in [2.24, 2.45) is 5.41 Å². The van der Waals surface area contributed by atoms with Crippen LogP contribution < -0.4 is 14.8 Å². The lowest BCUT2D eigenvalue weighted by atomic mass is 9.81. The number of ether oxygens (including phenoxy) is 1.